The first-order valence-corrected chi connectivity index (χ1v) is 8.15. The smallest absolute Gasteiger partial charge is 0.272 e. The number of aromatic nitrogens is 2. The van der Waals surface area contributed by atoms with Crippen LogP contribution in [-0.2, 0) is 0 Å². The number of nitrogens with two attached hydrogens (primary N) is 1. The van der Waals surface area contributed by atoms with Gasteiger partial charge in [0.25, 0.3) is 5.91 Å². The Morgan fingerprint density at radius 1 is 1.41 bits per heavy atom. The van der Waals surface area contributed by atoms with Gasteiger partial charge in [0.2, 0.25) is 0 Å². The first-order chi connectivity index (χ1) is 10.6. The molecule has 0 unspecified atom stereocenters. The molecule has 1 fully saturated rings. The van der Waals surface area contributed by atoms with Crippen LogP contribution in [0.3, 0.4) is 0 Å². The highest BCUT2D eigenvalue weighted by atomic mass is 79.9. The van der Waals surface area contributed by atoms with Crippen molar-refractivity contribution in [1.82, 2.24) is 15.1 Å². The summed E-state index contributed by atoms with van der Waals surface area (Å²) >= 11 is 3.41. The number of carbonyl (C=O) groups is 1. The van der Waals surface area contributed by atoms with E-state index in [4.69, 9.17) is 5.73 Å². The van der Waals surface area contributed by atoms with Crippen molar-refractivity contribution >= 4 is 21.8 Å². The van der Waals surface area contributed by atoms with Crippen LogP contribution < -0.4 is 5.73 Å². The molecule has 22 heavy (non-hydrogen) atoms. The third-order valence-corrected chi connectivity index (χ3v) is 5.16. The molecule has 1 aromatic heterocycles. The molecule has 0 bridgehead atoms. The maximum atomic E-state index is 12.6. The average molecular weight is 363 g/mol. The summed E-state index contributed by atoms with van der Waals surface area (Å²) in [6.45, 7) is 0.503. The van der Waals surface area contributed by atoms with Crippen LogP contribution in [0.25, 0.3) is 11.3 Å². The predicted octanol–water partition coefficient (Wildman–Crippen LogP) is 2.79. The van der Waals surface area contributed by atoms with Crippen molar-refractivity contribution in [2.24, 2.45) is 5.73 Å². The van der Waals surface area contributed by atoms with E-state index in [-0.39, 0.29) is 11.4 Å². The largest absolute Gasteiger partial charge is 0.333 e. The van der Waals surface area contributed by atoms with E-state index in [0.29, 0.717) is 12.2 Å². The number of halogens is 1. The highest BCUT2D eigenvalue weighted by molar-refractivity contribution is 9.10. The molecule has 0 radical (unpaired) electrons. The third kappa shape index (κ3) is 2.57. The molecule has 1 aromatic carbocycles. The van der Waals surface area contributed by atoms with Gasteiger partial charge in [-0.25, -0.2) is 0 Å². The molecular weight excluding hydrogens is 344 g/mol. The second-order valence-electron chi connectivity index (χ2n) is 5.82. The van der Waals surface area contributed by atoms with Crippen molar-refractivity contribution in [2.45, 2.75) is 24.8 Å². The Bertz CT molecular complexity index is 670. The van der Waals surface area contributed by atoms with Gasteiger partial charge in [0, 0.05) is 23.6 Å². The number of benzene rings is 1. The van der Waals surface area contributed by atoms with Gasteiger partial charge in [0.05, 0.1) is 11.2 Å². The maximum absolute atomic E-state index is 12.6. The van der Waals surface area contributed by atoms with Crippen molar-refractivity contribution < 1.29 is 4.79 Å². The topological polar surface area (TPSA) is 75.0 Å². The number of aromatic amines is 1. The van der Waals surface area contributed by atoms with Crippen molar-refractivity contribution in [3.63, 3.8) is 0 Å². The zero-order chi connectivity index (χ0) is 15.7. The Kier molecular flexibility index (Phi) is 4.06. The van der Waals surface area contributed by atoms with E-state index in [1.165, 1.54) is 0 Å². The molecule has 0 saturated heterocycles. The summed E-state index contributed by atoms with van der Waals surface area (Å²) in [6, 6.07) is 9.63. The van der Waals surface area contributed by atoms with Gasteiger partial charge in [0.1, 0.15) is 5.69 Å². The van der Waals surface area contributed by atoms with Crippen LogP contribution in [0.2, 0.25) is 0 Å². The lowest BCUT2D eigenvalue weighted by molar-refractivity contribution is 0.0316. The summed E-state index contributed by atoms with van der Waals surface area (Å²) in [5.74, 6) is -0.0546. The van der Waals surface area contributed by atoms with E-state index < -0.39 is 0 Å². The number of hydrogen-bond acceptors (Lipinski definition) is 3. The fraction of sp³-hybridized carbons (Fsp3) is 0.375. The molecule has 3 N–H and O–H groups in total. The van der Waals surface area contributed by atoms with Gasteiger partial charge in [-0.15, -0.1) is 0 Å². The molecule has 2 aromatic rings. The highest BCUT2D eigenvalue weighted by Crippen LogP contribution is 2.36. The van der Waals surface area contributed by atoms with E-state index in [1.807, 2.05) is 31.3 Å². The normalized spacial score (nSPS) is 16.1. The third-order valence-electron chi connectivity index (χ3n) is 4.63. The minimum Gasteiger partial charge on any atom is -0.333 e. The molecule has 0 aliphatic heterocycles. The maximum Gasteiger partial charge on any atom is 0.272 e. The number of hydrogen-bond donors (Lipinski definition) is 2. The summed E-state index contributed by atoms with van der Waals surface area (Å²) in [7, 11) is 1.83. The Balaban J connectivity index is 1.81. The van der Waals surface area contributed by atoms with E-state index >= 15 is 0 Å². The van der Waals surface area contributed by atoms with Crippen molar-refractivity contribution in [3.8, 4) is 11.3 Å². The lowest BCUT2D eigenvalue weighted by Gasteiger charge is -2.47. The Hall–Kier alpha value is -1.66. The number of carbonyl (C=O) groups excluding carboxylic acids is 1. The number of nitrogens with zero attached hydrogens (tertiary/aromatic N) is 2. The fourth-order valence-electron chi connectivity index (χ4n) is 2.86. The molecule has 116 valence electrons. The molecule has 5 nitrogen and oxygen atoms in total. The molecule has 6 heteroatoms. The molecule has 0 spiro atoms. The molecule has 1 aliphatic rings. The average Bonchev–Trinajstić information content (AvgIpc) is 2.96. The van der Waals surface area contributed by atoms with Crippen LogP contribution in [0.1, 0.15) is 29.8 Å². The van der Waals surface area contributed by atoms with Crippen LogP contribution in [0, 0.1) is 0 Å². The summed E-state index contributed by atoms with van der Waals surface area (Å²) in [5.41, 5.74) is 7.93. The number of rotatable bonds is 4. The fourth-order valence-corrected chi connectivity index (χ4v) is 3.12. The van der Waals surface area contributed by atoms with Gasteiger partial charge in [-0.3, -0.25) is 9.89 Å². The molecular formula is C16H19BrN4O. The Morgan fingerprint density at radius 2 is 2.09 bits per heavy atom. The van der Waals surface area contributed by atoms with Crippen molar-refractivity contribution in [2.75, 3.05) is 13.6 Å². The van der Waals surface area contributed by atoms with Crippen LogP contribution in [-0.4, -0.2) is 40.1 Å². The van der Waals surface area contributed by atoms with E-state index in [2.05, 4.69) is 26.1 Å². The first-order valence-electron chi connectivity index (χ1n) is 7.35. The van der Waals surface area contributed by atoms with Crippen LogP contribution in [0.5, 0.6) is 0 Å². The SMILES string of the molecule is CN(C(=O)c1cc(-c2ccc(Br)cc2)n[nH]1)C1(CN)CCC1. The monoisotopic (exact) mass is 362 g/mol. The van der Waals surface area contributed by atoms with Gasteiger partial charge < -0.3 is 10.6 Å². The predicted molar refractivity (Wildman–Crippen MR) is 89.5 cm³/mol. The van der Waals surface area contributed by atoms with Gasteiger partial charge in [0.15, 0.2) is 0 Å². The molecule has 0 atom stereocenters. The highest BCUT2D eigenvalue weighted by Gasteiger charge is 2.42. The Labute approximate surface area is 138 Å². The Morgan fingerprint density at radius 3 is 2.64 bits per heavy atom. The standard InChI is InChI=1S/C16H19BrN4O/c1-21(16(10-18)7-2-8-16)15(22)14-9-13(19-20-14)11-3-5-12(17)6-4-11/h3-6,9H,2,7-8,10,18H2,1H3,(H,19,20). The van der Waals surface area contributed by atoms with Crippen molar-refractivity contribution in [1.29, 1.82) is 0 Å². The van der Waals surface area contributed by atoms with Gasteiger partial charge in [-0.2, -0.15) is 5.10 Å². The van der Waals surface area contributed by atoms with E-state index in [1.54, 1.807) is 11.0 Å². The first kappa shape index (κ1) is 15.2. The number of nitrogens with one attached hydrogen (secondary N) is 1. The number of amides is 1. The molecule has 3 rings (SSSR count). The van der Waals surface area contributed by atoms with E-state index in [0.717, 1.165) is 35.0 Å². The second-order valence-corrected chi connectivity index (χ2v) is 6.74. The quantitative estimate of drug-likeness (QED) is 0.877. The zero-order valence-electron chi connectivity index (χ0n) is 12.5. The second kappa shape index (κ2) is 5.85. The van der Waals surface area contributed by atoms with Crippen LogP contribution >= 0.6 is 15.9 Å². The lowest BCUT2D eigenvalue weighted by atomic mass is 9.75. The van der Waals surface area contributed by atoms with Crippen LogP contribution in [0.4, 0.5) is 0 Å². The van der Waals surface area contributed by atoms with Gasteiger partial charge in [-0.1, -0.05) is 28.1 Å². The lowest BCUT2D eigenvalue weighted by Crippen LogP contribution is -2.58. The van der Waals surface area contributed by atoms with E-state index in [9.17, 15) is 4.79 Å². The van der Waals surface area contributed by atoms with Crippen LogP contribution in [0.15, 0.2) is 34.8 Å². The van der Waals surface area contributed by atoms with Gasteiger partial charge in [-0.05, 0) is 37.5 Å². The zero-order valence-corrected chi connectivity index (χ0v) is 14.1. The van der Waals surface area contributed by atoms with Gasteiger partial charge >= 0.3 is 0 Å². The molecule has 1 saturated carbocycles. The summed E-state index contributed by atoms with van der Waals surface area (Å²) in [4.78, 5) is 14.4. The summed E-state index contributed by atoms with van der Waals surface area (Å²) < 4.78 is 1.01. The van der Waals surface area contributed by atoms with Crippen molar-refractivity contribution in [3.05, 3.63) is 40.5 Å². The minimum absolute atomic E-state index is 0.0546. The molecule has 1 aliphatic carbocycles. The molecule has 1 amide bonds. The number of H-pyrrole nitrogens is 1. The molecule has 1 heterocycles. The summed E-state index contributed by atoms with van der Waals surface area (Å²) in [5, 5.41) is 7.10. The minimum atomic E-state index is -0.181. The summed E-state index contributed by atoms with van der Waals surface area (Å²) in [6.07, 6.45) is 3.07. The number of likely N-dealkylation sites (N-methyl/N-ethyl adjacent to an activating group) is 1.